The van der Waals surface area contributed by atoms with Gasteiger partial charge in [-0.1, -0.05) is 98.4 Å². The third kappa shape index (κ3) is 7.48. The second kappa shape index (κ2) is 14.4. The lowest BCUT2D eigenvalue weighted by atomic mass is 10.2. The van der Waals surface area contributed by atoms with Crippen molar-refractivity contribution in [3.05, 3.63) is 124 Å². The van der Waals surface area contributed by atoms with E-state index >= 15 is 0 Å². The first-order valence-electron chi connectivity index (χ1n) is 10.5. The Kier molecular flexibility index (Phi) is 11.6. The van der Waals surface area contributed by atoms with E-state index in [2.05, 4.69) is 51.6 Å². The van der Waals surface area contributed by atoms with Gasteiger partial charge < -0.3 is 9.47 Å². The Balaban J connectivity index is 0.000000305. The molecule has 0 heterocycles. The standard InChI is InChI=1S/C20H17O2P.C8H7IO2.CH4/c1-22-20(21)18-14-8-9-15-19(18)23(16-10-4-2-5-11-16)17-12-6-3-7-13-17;1-11-8(10)6-4-2-3-5-7(6)9;/h2-15H,1H3;2-5H,1H3;1H4. The average molecular weight is 598 g/mol. The molecule has 35 heavy (non-hydrogen) atoms. The molecule has 0 atom stereocenters. The molecule has 0 aliphatic rings. The lowest BCUT2D eigenvalue weighted by Gasteiger charge is -2.21. The van der Waals surface area contributed by atoms with Gasteiger partial charge in [-0.05, 0) is 64.6 Å². The van der Waals surface area contributed by atoms with Crippen LogP contribution >= 0.6 is 30.5 Å². The Morgan fingerprint density at radius 3 is 1.49 bits per heavy atom. The summed E-state index contributed by atoms with van der Waals surface area (Å²) >= 11 is 2.10. The van der Waals surface area contributed by atoms with Crippen LogP contribution in [-0.4, -0.2) is 26.2 Å². The third-order valence-corrected chi connectivity index (χ3v) is 8.30. The lowest BCUT2D eigenvalue weighted by molar-refractivity contribution is 0.0592. The fourth-order valence-electron chi connectivity index (χ4n) is 3.27. The van der Waals surface area contributed by atoms with E-state index in [0.717, 1.165) is 8.87 Å². The highest BCUT2D eigenvalue weighted by Crippen LogP contribution is 2.34. The lowest BCUT2D eigenvalue weighted by Crippen LogP contribution is -2.25. The number of benzene rings is 4. The number of esters is 2. The maximum absolute atomic E-state index is 12.2. The van der Waals surface area contributed by atoms with E-state index in [1.807, 2.05) is 78.9 Å². The number of ether oxygens (including phenoxy) is 2. The second-order valence-corrected chi connectivity index (χ2v) is 10.3. The van der Waals surface area contributed by atoms with Gasteiger partial charge >= 0.3 is 11.9 Å². The zero-order chi connectivity index (χ0) is 24.3. The van der Waals surface area contributed by atoms with Crippen molar-refractivity contribution in [1.29, 1.82) is 0 Å². The third-order valence-electron chi connectivity index (χ3n) is 4.86. The highest BCUT2D eigenvalue weighted by molar-refractivity contribution is 14.1. The molecule has 4 aromatic rings. The van der Waals surface area contributed by atoms with Crippen LogP contribution in [-0.2, 0) is 9.47 Å². The van der Waals surface area contributed by atoms with Crippen LogP contribution in [0.4, 0.5) is 0 Å². The van der Waals surface area contributed by atoms with Gasteiger partial charge in [0.1, 0.15) is 0 Å². The summed E-state index contributed by atoms with van der Waals surface area (Å²) in [5, 5.41) is 3.45. The van der Waals surface area contributed by atoms with Crippen LogP contribution in [0.3, 0.4) is 0 Å². The van der Waals surface area contributed by atoms with Crippen molar-refractivity contribution in [1.82, 2.24) is 0 Å². The van der Waals surface area contributed by atoms with Gasteiger partial charge in [0, 0.05) is 3.57 Å². The van der Waals surface area contributed by atoms with E-state index in [4.69, 9.17) is 4.74 Å². The van der Waals surface area contributed by atoms with Gasteiger partial charge in [-0.25, -0.2) is 9.59 Å². The predicted molar refractivity (Wildman–Crippen MR) is 154 cm³/mol. The van der Waals surface area contributed by atoms with E-state index in [1.165, 1.54) is 24.8 Å². The number of halogens is 1. The largest absolute Gasteiger partial charge is 0.465 e. The fourth-order valence-corrected chi connectivity index (χ4v) is 6.31. The van der Waals surface area contributed by atoms with Gasteiger partial charge in [0.25, 0.3) is 0 Å². The van der Waals surface area contributed by atoms with E-state index in [9.17, 15) is 9.59 Å². The van der Waals surface area contributed by atoms with Gasteiger partial charge in [-0.15, -0.1) is 0 Å². The second-order valence-electron chi connectivity index (χ2n) is 6.99. The molecule has 0 saturated carbocycles. The molecule has 0 aliphatic carbocycles. The zero-order valence-electron chi connectivity index (χ0n) is 18.9. The van der Waals surface area contributed by atoms with Crippen LogP contribution in [0, 0.1) is 3.57 Å². The smallest absolute Gasteiger partial charge is 0.338 e. The minimum Gasteiger partial charge on any atom is -0.465 e. The molecule has 0 radical (unpaired) electrons. The van der Waals surface area contributed by atoms with Crippen LogP contribution < -0.4 is 15.9 Å². The van der Waals surface area contributed by atoms with Crippen molar-refractivity contribution in [2.45, 2.75) is 7.43 Å². The zero-order valence-corrected chi connectivity index (χ0v) is 21.9. The first-order valence-corrected chi connectivity index (χ1v) is 12.9. The van der Waals surface area contributed by atoms with Crippen LogP contribution in [0.2, 0.25) is 0 Å². The monoisotopic (exact) mass is 598 g/mol. The molecule has 6 heteroatoms. The number of carbonyl (C=O) groups excluding carboxylic acids is 2. The van der Waals surface area contributed by atoms with Crippen molar-refractivity contribution in [3.8, 4) is 0 Å². The van der Waals surface area contributed by atoms with Crippen LogP contribution in [0.1, 0.15) is 28.1 Å². The topological polar surface area (TPSA) is 52.6 Å². The quantitative estimate of drug-likeness (QED) is 0.162. The number of methoxy groups -OCH3 is 2. The summed E-state index contributed by atoms with van der Waals surface area (Å²) in [4.78, 5) is 23.2. The summed E-state index contributed by atoms with van der Waals surface area (Å²) in [5.41, 5.74) is 1.25. The van der Waals surface area contributed by atoms with Gasteiger partial charge in [-0.2, -0.15) is 0 Å². The molecule has 4 rings (SSSR count). The molecule has 0 unspecified atom stereocenters. The highest BCUT2D eigenvalue weighted by Gasteiger charge is 2.22. The van der Waals surface area contributed by atoms with E-state index in [0.29, 0.717) is 11.1 Å². The minimum absolute atomic E-state index is 0. The van der Waals surface area contributed by atoms with Crippen molar-refractivity contribution < 1.29 is 19.1 Å². The Hall–Kier alpha value is -3.02. The molecule has 4 aromatic carbocycles. The summed E-state index contributed by atoms with van der Waals surface area (Å²) < 4.78 is 10.5. The number of hydrogen-bond acceptors (Lipinski definition) is 4. The molecule has 0 fully saturated rings. The van der Waals surface area contributed by atoms with E-state index in [-0.39, 0.29) is 19.4 Å². The van der Waals surface area contributed by atoms with Crippen molar-refractivity contribution in [2.24, 2.45) is 0 Å². The minimum atomic E-state index is -0.806. The summed E-state index contributed by atoms with van der Waals surface area (Å²) in [6.45, 7) is 0. The number of rotatable bonds is 5. The van der Waals surface area contributed by atoms with Gasteiger partial charge in [0.05, 0.1) is 25.3 Å². The average Bonchev–Trinajstić information content (AvgIpc) is 2.90. The molecule has 180 valence electrons. The van der Waals surface area contributed by atoms with Crippen LogP contribution in [0.25, 0.3) is 0 Å². The van der Waals surface area contributed by atoms with Gasteiger partial charge in [0.2, 0.25) is 0 Å². The van der Waals surface area contributed by atoms with E-state index in [1.54, 1.807) is 6.07 Å². The van der Waals surface area contributed by atoms with Gasteiger partial charge in [-0.3, -0.25) is 0 Å². The van der Waals surface area contributed by atoms with Crippen LogP contribution in [0.5, 0.6) is 0 Å². The van der Waals surface area contributed by atoms with Crippen LogP contribution in [0.15, 0.2) is 109 Å². The van der Waals surface area contributed by atoms with Crippen molar-refractivity contribution in [3.63, 3.8) is 0 Å². The molecular formula is C29H28IO4P. The SMILES string of the molecule is C.COC(=O)c1ccccc1I.COC(=O)c1ccccc1P(c1ccccc1)c1ccccc1. The molecule has 0 aliphatic heterocycles. The predicted octanol–water partition coefficient (Wildman–Crippen LogP) is 5.95. The summed E-state index contributed by atoms with van der Waals surface area (Å²) in [6, 6.07) is 35.7. The van der Waals surface area contributed by atoms with Crippen molar-refractivity contribution in [2.75, 3.05) is 14.2 Å². The first-order chi connectivity index (χ1) is 16.6. The normalized spacial score (nSPS) is 9.83. The summed E-state index contributed by atoms with van der Waals surface area (Å²) in [6.07, 6.45) is 0. The molecule has 0 saturated heterocycles. The van der Waals surface area contributed by atoms with Crippen molar-refractivity contribution >= 4 is 58.4 Å². The molecule has 0 amide bonds. The highest BCUT2D eigenvalue weighted by atomic mass is 127. The fraction of sp³-hybridized carbons (Fsp3) is 0.103. The van der Waals surface area contributed by atoms with E-state index < -0.39 is 7.92 Å². The van der Waals surface area contributed by atoms with Gasteiger partial charge in [0.15, 0.2) is 0 Å². The maximum atomic E-state index is 12.2. The summed E-state index contributed by atoms with van der Waals surface area (Å²) in [7, 11) is 2.00. The molecule has 0 N–H and O–H groups in total. The molecule has 0 bridgehead atoms. The maximum Gasteiger partial charge on any atom is 0.338 e. The Morgan fingerprint density at radius 1 is 0.600 bits per heavy atom. The Labute approximate surface area is 222 Å². The first kappa shape index (κ1) is 28.2. The molecule has 0 spiro atoms. The Morgan fingerprint density at radius 2 is 1.00 bits per heavy atom. The number of carbonyl (C=O) groups is 2. The Bertz CT molecular complexity index is 1190. The summed E-state index contributed by atoms with van der Waals surface area (Å²) in [5.74, 6) is -0.574. The molecule has 0 aromatic heterocycles. The molecular weight excluding hydrogens is 570 g/mol. The number of hydrogen-bond donors (Lipinski definition) is 0. The molecule has 4 nitrogen and oxygen atoms in total.